The number of benzene rings is 2. The van der Waals surface area contributed by atoms with Crippen LogP contribution in [0.15, 0.2) is 63.9 Å². The number of aromatic nitrogens is 2. The van der Waals surface area contributed by atoms with Gasteiger partial charge in [-0.25, -0.2) is 9.48 Å². The topological polar surface area (TPSA) is 77.1 Å². The molecular weight excluding hydrogens is 411 g/mol. The molecule has 6 nitrogen and oxygen atoms in total. The van der Waals surface area contributed by atoms with Gasteiger partial charge in [-0.1, -0.05) is 6.07 Å². The summed E-state index contributed by atoms with van der Waals surface area (Å²) in [6.07, 6.45) is -3.20. The highest BCUT2D eigenvalue weighted by atomic mass is 19.4. The zero-order chi connectivity index (χ0) is 22.3. The summed E-state index contributed by atoms with van der Waals surface area (Å²) >= 11 is 0. The van der Waals surface area contributed by atoms with Crippen LogP contribution in [0.5, 0.6) is 0 Å². The van der Waals surface area contributed by atoms with Crippen LogP contribution in [0.2, 0.25) is 0 Å². The van der Waals surface area contributed by atoms with E-state index < -0.39 is 23.3 Å². The van der Waals surface area contributed by atoms with Gasteiger partial charge in [-0.05, 0) is 49.7 Å². The Bertz CT molecular complexity index is 1370. The van der Waals surface area contributed by atoms with Gasteiger partial charge < -0.3 is 9.73 Å². The number of nitrogens with one attached hydrogen (secondary N) is 1. The molecule has 4 rings (SSSR count). The molecule has 2 aromatic carbocycles. The standard InChI is InChI=1S/C22H16F3N3O3/c1-12-8-20(29)31-19-10-15(6-7-17(12)19)27-21(30)18-11-26-28(13(18)2)16-5-3-4-14(9-16)22(23,24)25/h3-11H,1-2H3,(H,27,30). The van der Waals surface area contributed by atoms with E-state index in [0.717, 1.165) is 23.1 Å². The maximum absolute atomic E-state index is 13.0. The molecule has 0 aliphatic carbocycles. The van der Waals surface area contributed by atoms with Crippen molar-refractivity contribution in [2.45, 2.75) is 20.0 Å². The van der Waals surface area contributed by atoms with E-state index >= 15 is 0 Å². The number of halogens is 3. The third kappa shape index (κ3) is 3.94. The number of hydrogen-bond acceptors (Lipinski definition) is 4. The molecule has 1 N–H and O–H groups in total. The molecule has 0 aliphatic rings. The van der Waals surface area contributed by atoms with Gasteiger partial charge in [0.25, 0.3) is 5.91 Å². The molecular formula is C22H16F3N3O3. The number of amides is 1. The van der Waals surface area contributed by atoms with Gasteiger partial charge in [-0.15, -0.1) is 0 Å². The van der Waals surface area contributed by atoms with Gasteiger partial charge in [0.1, 0.15) is 5.58 Å². The van der Waals surface area contributed by atoms with Crippen molar-refractivity contribution in [3.05, 3.63) is 87.5 Å². The number of fused-ring (bicyclic) bond motifs is 1. The second-order valence-corrected chi connectivity index (χ2v) is 7.02. The largest absolute Gasteiger partial charge is 0.423 e. The Morgan fingerprint density at radius 2 is 1.87 bits per heavy atom. The van der Waals surface area contributed by atoms with Crippen LogP contribution in [0.25, 0.3) is 16.7 Å². The van der Waals surface area contributed by atoms with E-state index in [1.165, 1.54) is 35.1 Å². The molecule has 1 amide bonds. The lowest BCUT2D eigenvalue weighted by Crippen LogP contribution is -2.13. The lowest BCUT2D eigenvalue weighted by molar-refractivity contribution is -0.137. The third-order valence-electron chi connectivity index (χ3n) is 4.88. The minimum Gasteiger partial charge on any atom is -0.423 e. The number of carbonyl (C=O) groups excluding carboxylic acids is 1. The van der Waals surface area contributed by atoms with Crippen molar-refractivity contribution in [1.82, 2.24) is 9.78 Å². The first-order chi connectivity index (χ1) is 14.6. The van der Waals surface area contributed by atoms with Gasteiger partial charge in [0.05, 0.1) is 28.7 Å². The number of aryl methyl sites for hydroxylation is 1. The van der Waals surface area contributed by atoms with E-state index in [9.17, 15) is 22.8 Å². The Hall–Kier alpha value is -3.88. The zero-order valence-electron chi connectivity index (χ0n) is 16.4. The fourth-order valence-corrected chi connectivity index (χ4v) is 3.31. The van der Waals surface area contributed by atoms with E-state index in [-0.39, 0.29) is 11.3 Å². The predicted octanol–water partition coefficient (Wildman–Crippen LogP) is 4.87. The molecule has 0 fully saturated rings. The third-order valence-corrected chi connectivity index (χ3v) is 4.88. The van der Waals surface area contributed by atoms with Crippen LogP contribution in [0.3, 0.4) is 0 Å². The van der Waals surface area contributed by atoms with E-state index in [4.69, 9.17) is 4.42 Å². The second-order valence-electron chi connectivity index (χ2n) is 7.02. The Morgan fingerprint density at radius 3 is 2.61 bits per heavy atom. The molecule has 31 heavy (non-hydrogen) atoms. The average Bonchev–Trinajstić information content (AvgIpc) is 3.08. The number of rotatable bonds is 3. The van der Waals surface area contributed by atoms with Crippen molar-refractivity contribution in [3.8, 4) is 5.69 Å². The summed E-state index contributed by atoms with van der Waals surface area (Å²) in [5.41, 5.74) is 0.946. The summed E-state index contributed by atoms with van der Waals surface area (Å²) in [4.78, 5) is 24.3. The van der Waals surface area contributed by atoms with Gasteiger partial charge >= 0.3 is 11.8 Å². The average molecular weight is 427 g/mol. The van der Waals surface area contributed by atoms with Crippen LogP contribution in [0.4, 0.5) is 18.9 Å². The molecule has 0 unspecified atom stereocenters. The summed E-state index contributed by atoms with van der Waals surface area (Å²) in [5, 5.41) is 7.51. The van der Waals surface area contributed by atoms with Crippen molar-refractivity contribution in [1.29, 1.82) is 0 Å². The highest BCUT2D eigenvalue weighted by Gasteiger charge is 2.30. The molecule has 4 aromatic rings. The zero-order valence-corrected chi connectivity index (χ0v) is 16.4. The molecule has 0 radical (unpaired) electrons. The highest BCUT2D eigenvalue weighted by molar-refractivity contribution is 6.05. The van der Waals surface area contributed by atoms with Crippen LogP contribution in [0.1, 0.15) is 27.2 Å². The quantitative estimate of drug-likeness (QED) is 0.474. The minimum absolute atomic E-state index is 0.189. The molecule has 0 bridgehead atoms. The van der Waals surface area contributed by atoms with Crippen molar-refractivity contribution < 1.29 is 22.4 Å². The molecule has 0 atom stereocenters. The molecule has 0 saturated heterocycles. The molecule has 0 spiro atoms. The summed E-state index contributed by atoms with van der Waals surface area (Å²) in [6, 6.07) is 11.0. The van der Waals surface area contributed by atoms with Crippen molar-refractivity contribution in [2.24, 2.45) is 0 Å². The first-order valence-corrected chi connectivity index (χ1v) is 9.21. The van der Waals surface area contributed by atoms with Crippen molar-refractivity contribution in [3.63, 3.8) is 0 Å². The van der Waals surface area contributed by atoms with Crippen LogP contribution >= 0.6 is 0 Å². The highest BCUT2D eigenvalue weighted by Crippen LogP contribution is 2.30. The SMILES string of the molecule is Cc1cc(=O)oc2cc(NC(=O)c3cnn(-c4cccc(C(F)(F)F)c4)c3C)ccc12. The number of hydrogen-bond donors (Lipinski definition) is 1. The lowest BCUT2D eigenvalue weighted by atomic mass is 10.1. The fraction of sp³-hybridized carbons (Fsp3) is 0.136. The van der Waals surface area contributed by atoms with E-state index in [0.29, 0.717) is 17.0 Å². The number of carbonyl (C=O) groups is 1. The van der Waals surface area contributed by atoms with E-state index in [1.807, 2.05) is 0 Å². The smallest absolute Gasteiger partial charge is 0.416 e. The lowest BCUT2D eigenvalue weighted by Gasteiger charge is -2.10. The number of nitrogens with zero attached hydrogens (tertiary/aromatic N) is 2. The fourth-order valence-electron chi connectivity index (χ4n) is 3.31. The molecule has 0 saturated carbocycles. The van der Waals surface area contributed by atoms with Gasteiger partial charge in [0.2, 0.25) is 0 Å². The summed E-state index contributed by atoms with van der Waals surface area (Å²) in [7, 11) is 0. The maximum Gasteiger partial charge on any atom is 0.416 e. The van der Waals surface area contributed by atoms with Gasteiger partial charge in [-0.2, -0.15) is 18.3 Å². The number of alkyl halides is 3. The number of anilines is 1. The monoisotopic (exact) mass is 427 g/mol. The second kappa shape index (κ2) is 7.42. The van der Waals surface area contributed by atoms with Crippen LogP contribution in [-0.2, 0) is 6.18 Å². The minimum atomic E-state index is -4.49. The molecule has 0 aliphatic heterocycles. The van der Waals surface area contributed by atoms with Crippen LogP contribution < -0.4 is 10.9 Å². The molecule has 9 heteroatoms. The normalized spacial score (nSPS) is 11.6. The molecule has 158 valence electrons. The maximum atomic E-state index is 13.0. The van der Waals surface area contributed by atoms with E-state index in [1.54, 1.807) is 26.0 Å². The summed E-state index contributed by atoms with van der Waals surface area (Å²) in [6.45, 7) is 3.37. The molecule has 2 aromatic heterocycles. The Morgan fingerprint density at radius 1 is 1.10 bits per heavy atom. The van der Waals surface area contributed by atoms with Crippen molar-refractivity contribution >= 4 is 22.6 Å². The van der Waals surface area contributed by atoms with Gasteiger partial charge in [-0.3, -0.25) is 4.79 Å². The van der Waals surface area contributed by atoms with Crippen molar-refractivity contribution in [2.75, 3.05) is 5.32 Å². The van der Waals surface area contributed by atoms with Crippen LogP contribution in [0, 0.1) is 13.8 Å². The summed E-state index contributed by atoms with van der Waals surface area (Å²) < 4.78 is 45.4. The Labute approximate surface area is 173 Å². The first kappa shape index (κ1) is 20.4. The molecule has 2 heterocycles. The van der Waals surface area contributed by atoms with Gasteiger partial charge in [0.15, 0.2) is 0 Å². The van der Waals surface area contributed by atoms with Crippen LogP contribution in [-0.4, -0.2) is 15.7 Å². The predicted molar refractivity (Wildman–Crippen MR) is 108 cm³/mol. The first-order valence-electron chi connectivity index (χ1n) is 9.21. The Balaban J connectivity index is 1.63. The summed E-state index contributed by atoms with van der Waals surface area (Å²) in [5.74, 6) is -0.495. The Kier molecular flexibility index (Phi) is 4.88. The van der Waals surface area contributed by atoms with E-state index in [2.05, 4.69) is 10.4 Å². The van der Waals surface area contributed by atoms with Gasteiger partial charge in [0, 0.05) is 23.2 Å².